The van der Waals surface area contributed by atoms with Crippen LogP contribution in [0.4, 0.5) is 0 Å². The maximum absolute atomic E-state index is 6.24. The van der Waals surface area contributed by atoms with Crippen LogP contribution >= 0.6 is 0 Å². The Morgan fingerprint density at radius 2 is 0.775 bits per heavy atom. The number of ether oxygens (including phenoxy) is 2. The zero-order valence-electron chi connectivity index (χ0n) is 44.5. The molecule has 0 radical (unpaired) electrons. The molecule has 12 aromatic carbocycles. The summed E-state index contributed by atoms with van der Waals surface area (Å²) in [7, 11) is 3.32. The minimum atomic E-state index is 0.104. The van der Waals surface area contributed by atoms with Gasteiger partial charge in [-0.2, -0.15) is 0 Å². The molecule has 16 rings (SSSR count). The maximum Gasteiger partial charge on any atom is 0.189 e. The minimum Gasteiger partial charge on any atom is -0.491 e. The summed E-state index contributed by atoms with van der Waals surface area (Å²) in [6.45, 7) is 6.70. The second-order valence-corrected chi connectivity index (χ2v) is 21.4. The lowest BCUT2D eigenvalue weighted by Crippen LogP contribution is -2.10. The van der Waals surface area contributed by atoms with Gasteiger partial charge in [0.05, 0.1) is 14.2 Å². The van der Waals surface area contributed by atoms with E-state index >= 15 is 0 Å². The highest BCUT2D eigenvalue weighted by Gasteiger charge is 2.23. The van der Waals surface area contributed by atoms with Gasteiger partial charge in [0.1, 0.15) is 44.6 Å². The highest BCUT2D eigenvalue weighted by atomic mass is 16.5. The number of rotatable bonds is 6. The molecule has 0 spiro atoms. The topological polar surface area (TPSA) is 106 Å². The predicted octanol–water partition coefficient (Wildman–Crippen LogP) is 17.9. The zero-order valence-corrected chi connectivity index (χ0v) is 44.5. The number of furan rings is 2. The van der Waals surface area contributed by atoms with Crippen molar-refractivity contribution in [1.29, 1.82) is 0 Å². The van der Waals surface area contributed by atoms with Crippen LogP contribution in [0.3, 0.4) is 0 Å². The van der Waals surface area contributed by atoms with Crippen LogP contribution in [0.15, 0.2) is 221 Å². The van der Waals surface area contributed by atoms with Crippen molar-refractivity contribution in [3.05, 3.63) is 218 Å². The first kappa shape index (κ1) is 46.9. The van der Waals surface area contributed by atoms with Crippen LogP contribution in [-0.4, -0.2) is 44.2 Å². The van der Waals surface area contributed by atoms with Crippen LogP contribution < -0.4 is 9.47 Å². The summed E-state index contributed by atoms with van der Waals surface area (Å²) >= 11 is 0. The van der Waals surface area contributed by atoms with E-state index in [0.29, 0.717) is 22.7 Å². The number of para-hydroxylation sites is 2. The van der Waals surface area contributed by atoms with Crippen LogP contribution in [0.2, 0.25) is 0 Å². The van der Waals surface area contributed by atoms with Crippen LogP contribution in [0, 0.1) is 0 Å². The van der Waals surface area contributed by atoms with E-state index in [2.05, 4.69) is 172 Å². The lowest BCUT2D eigenvalue weighted by atomic mass is 9.86. The molecule has 0 fully saturated rings. The highest BCUT2D eigenvalue weighted by Crippen LogP contribution is 2.44. The second-order valence-electron chi connectivity index (χ2n) is 21.4. The molecule has 0 aliphatic heterocycles. The fourth-order valence-corrected chi connectivity index (χ4v) is 11.8. The van der Waals surface area contributed by atoms with Crippen molar-refractivity contribution in [1.82, 2.24) is 30.0 Å². The average Bonchev–Trinajstić information content (AvgIpc) is 4.49. The van der Waals surface area contributed by atoms with Crippen molar-refractivity contribution >= 4 is 109 Å². The van der Waals surface area contributed by atoms with Crippen molar-refractivity contribution in [2.45, 2.75) is 26.2 Å². The largest absolute Gasteiger partial charge is 0.491 e. The Kier molecular flexibility index (Phi) is 10.6. The van der Waals surface area contributed by atoms with Gasteiger partial charge in [0.2, 0.25) is 0 Å². The third-order valence-electron chi connectivity index (χ3n) is 15.7. The summed E-state index contributed by atoms with van der Waals surface area (Å²) in [6.07, 6.45) is 0. The van der Waals surface area contributed by atoms with Gasteiger partial charge in [-0.1, -0.05) is 178 Å². The van der Waals surface area contributed by atoms with Gasteiger partial charge < -0.3 is 18.3 Å². The molecule has 0 bridgehead atoms. The molecule has 0 amide bonds. The van der Waals surface area contributed by atoms with Crippen molar-refractivity contribution in [2.24, 2.45) is 0 Å². The van der Waals surface area contributed by atoms with Gasteiger partial charge in [0.25, 0.3) is 0 Å². The van der Waals surface area contributed by atoms with Crippen molar-refractivity contribution < 1.29 is 18.3 Å². The maximum atomic E-state index is 6.24. The molecule has 384 valence electrons. The first-order chi connectivity index (χ1) is 39.2. The van der Waals surface area contributed by atoms with Gasteiger partial charge >= 0.3 is 0 Å². The van der Waals surface area contributed by atoms with Crippen molar-refractivity contribution in [3.63, 3.8) is 0 Å². The van der Waals surface area contributed by atoms with Crippen molar-refractivity contribution in [2.75, 3.05) is 14.2 Å². The molecule has 4 aromatic heterocycles. The molecule has 0 aliphatic rings. The van der Waals surface area contributed by atoms with E-state index in [1.54, 1.807) is 23.8 Å². The van der Waals surface area contributed by atoms with Crippen LogP contribution in [0.1, 0.15) is 26.3 Å². The molecule has 0 saturated carbocycles. The van der Waals surface area contributed by atoms with Gasteiger partial charge in [0.15, 0.2) is 22.7 Å². The summed E-state index contributed by atoms with van der Waals surface area (Å²) in [5.74, 6) is 1.22. The Morgan fingerprint density at radius 3 is 1.29 bits per heavy atom. The highest BCUT2D eigenvalue weighted by molar-refractivity contribution is 6.19. The van der Waals surface area contributed by atoms with Gasteiger partial charge in [-0.15, -0.1) is 30.0 Å². The Hall–Kier alpha value is -10.3. The number of aromatic nitrogens is 6. The zero-order chi connectivity index (χ0) is 53.8. The molecule has 0 N–H and O–H groups in total. The Labute approximate surface area is 458 Å². The van der Waals surface area contributed by atoms with Gasteiger partial charge in [0, 0.05) is 32.3 Å². The average molecular weight is 1040 g/mol. The summed E-state index contributed by atoms with van der Waals surface area (Å²) in [5.41, 5.74) is 13.8. The SMILES string of the molecule is COc1c(-n2nc3cc(-c4cc5ccccc5c5ccccc45)c4ccccc4c3n2)ccc2c1oc1ccccc12.COc1c(-n2nc3cc(-c4ccc(C(C)(C)C)cc4)c4ccccc4c3n2)ccc2c1oc1ccccc12. The number of hydrogen-bond acceptors (Lipinski definition) is 8. The van der Waals surface area contributed by atoms with Crippen LogP contribution in [0.25, 0.3) is 143 Å². The van der Waals surface area contributed by atoms with E-state index in [9.17, 15) is 0 Å². The fraction of sp³-hybridized carbons (Fsp3) is 0.0857. The number of hydrogen-bond donors (Lipinski definition) is 0. The van der Waals surface area contributed by atoms with E-state index in [1.165, 1.54) is 32.7 Å². The van der Waals surface area contributed by atoms with Crippen molar-refractivity contribution in [3.8, 4) is 45.1 Å². The number of fused-ring (bicyclic) bond motifs is 15. The van der Waals surface area contributed by atoms with Crippen LogP contribution in [-0.2, 0) is 5.41 Å². The first-order valence-electron chi connectivity index (χ1n) is 26.8. The second kappa shape index (κ2) is 18.1. The van der Waals surface area contributed by atoms with Gasteiger partial charge in [-0.05, 0) is 120 Å². The summed E-state index contributed by atoms with van der Waals surface area (Å²) in [6, 6.07) is 73.6. The fourth-order valence-electron chi connectivity index (χ4n) is 11.8. The molecule has 0 aliphatic carbocycles. The molecule has 10 heteroatoms. The van der Waals surface area contributed by atoms with Gasteiger partial charge in [-0.25, -0.2) is 0 Å². The summed E-state index contributed by atoms with van der Waals surface area (Å²) in [4.78, 5) is 3.33. The standard InChI is InChI=1S/C37H23N3O2.C33H27N3O2/c1-41-37-33(19-18-29-27-15-8-9-17-34(27)42-36(29)37)40-38-32-21-31(26-14-6-7-16-28(26)35(32)39-40)30-20-22-10-2-3-11-23(22)24-12-4-5-13-25(24)30;1-33(2,3)21-15-13-20(14-16-21)26-19-27-30(24-11-6-5-9-22(24)26)35-36(34-27)28-18-17-25-23-10-7-8-12-29(23)38-31(25)32(28)37-4/h2-21H,1H3;5-19H,1-4H3. The van der Waals surface area contributed by atoms with Gasteiger partial charge in [-0.3, -0.25) is 0 Å². The third kappa shape index (κ3) is 7.40. The van der Waals surface area contributed by atoms with E-state index < -0.39 is 0 Å². The molecule has 0 atom stereocenters. The molecular weight excluding hydrogens is 989 g/mol. The molecule has 0 saturated heterocycles. The summed E-state index contributed by atoms with van der Waals surface area (Å²) < 4.78 is 24.2. The lowest BCUT2D eigenvalue weighted by Gasteiger charge is -2.19. The Balaban J connectivity index is 0.000000139. The smallest absolute Gasteiger partial charge is 0.189 e. The quantitative estimate of drug-likeness (QED) is 0.152. The van der Waals surface area contributed by atoms with E-state index in [4.69, 9.17) is 38.7 Å². The van der Waals surface area contributed by atoms with E-state index in [-0.39, 0.29) is 5.41 Å². The first-order valence-corrected chi connectivity index (χ1v) is 26.8. The Morgan fingerprint density at radius 1 is 0.362 bits per heavy atom. The third-order valence-corrected chi connectivity index (χ3v) is 15.7. The monoisotopic (exact) mass is 1040 g/mol. The number of methoxy groups -OCH3 is 2. The van der Waals surface area contributed by atoms with E-state index in [0.717, 1.165) is 104 Å². The molecule has 16 aromatic rings. The molecule has 0 unspecified atom stereocenters. The molecule has 4 heterocycles. The Bertz CT molecular complexity index is 5160. The predicted molar refractivity (Wildman–Crippen MR) is 325 cm³/mol. The lowest BCUT2D eigenvalue weighted by molar-refractivity contribution is 0.407. The minimum absolute atomic E-state index is 0.104. The normalized spacial score (nSPS) is 12.1. The molecule has 10 nitrogen and oxygen atoms in total. The van der Waals surface area contributed by atoms with Crippen LogP contribution in [0.5, 0.6) is 11.5 Å². The number of nitrogens with zero attached hydrogens (tertiary/aromatic N) is 6. The molecular formula is C70H50N6O4. The molecule has 80 heavy (non-hydrogen) atoms. The number of benzene rings is 12. The summed E-state index contributed by atoms with van der Waals surface area (Å²) in [5, 5.41) is 33.3. The van der Waals surface area contributed by atoms with E-state index in [1.807, 2.05) is 60.7 Å².